The zero-order chi connectivity index (χ0) is 20.9. The minimum atomic E-state index is -0.997. The number of ether oxygens (including phenoxy) is 1. The molecule has 0 spiro atoms. The zero-order valence-electron chi connectivity index (χ0n) is 16.2. The summed E-state index contributed by atoms with van der Waals surface area (Å²) < 4.78 is 20.3. The Bertz CT molecular complexity index is 1110. The van der Waals surface area contributed by atoms with Crippen molar-refractivity contribution in [3.8, 4) is 28.7 Å². The highest BCUT2D eigenvalue weighted by molar-refractivity contribution is 5.77. The predicted molar refractivity (Wildman–Crippen MR) is 106 cm³/mol. The first-order valence-electron chi connectivity index (χ1n) is 9.87. The standard InChI is InChI=1S/C21H21FN6O2/c22-15-5-2-13(3-6-15)17-18(16-7-8-25-20(27-16)30-19(23)29)28(11-26-17)21(24)10-12-1-4-14(21)9-12/h2-3,5-8,11-12,14H,1,4,9-10,24H2,(H2,23,29). The number of aromatic nitrogens is 4. The van der Waals surface area contributed by atoms with Gasteiger partial charge in [0.2, 0.25) is 0 Å². The van der Waals surface area contributed by atoms with E-state index in [1.807, 2.05) is 4.57 Å². The van der Waals surface area contributed by atoms with Gasteiger partial charge in [-0.3, -0.25) is 0 Å². The van der Waals surface area contributed by atoms with Crippen molar-refractivity contribution in [1.82, 2.24) is 19.5 Å². The van der Waals surface area contributed by atoms with Crippen molar-refractivity contribution in [1.29, 1.82) is 0 Å². The Balaban J connectivity index is 1.68. The number of imidazole rings is 1. The molecule has 5 rings (SSSR count). The second-order valence-electron chi connectivity index (χ2n) is 8.04. The fourth-order valence-electron chi connectivity index (χ4n) is 4.98. The summed E-state index contributed by atoms with van der Waals surface area (Å²) in [6, 6.07) is 7.64. The van der Waals surface area contributed by atoms with E-state index in [4.69, 9.17) is 16.2 Å². The van der Waals surface area contributed by atoms with E-state index in [-0.39, 0.29) is 11.8 Å². The fourth-order valence-corrected chi connectivity index (χ4v) is 4.98. The molecule has 3 atom stereocenters. The van der Waals surface area contributed by atoms with E-state index in [1.165, 1.54) is 24.8 Å². The molecule has 4 N–H and O–H groups in total. The molecule has 9 heteroatoms. The molecule has 8 nitrogen and oxygen atoms in total. The van der Waals surface area contributed by atoms with E-state index < -0.39 is 11.8 Å². The van der Waals surface area contributed by atoms with Gasteiger partial charge < -0.3 is 20.8 Å². The summed E-state index contributed by atoms with van der Waals surface area (Å²) in [5.41, 5.74) is 14.0. The monoisotopic (exact) mass is 408 g/mol. The number of rotatable bonds is 4. The number of carbonyl (C=O) groups is 1. The molecule has 0 aliphatic heterocycles. The van der Waals surface area contributed by atoms with Gasteiger partial charge in [-0.1, -0.05) is 0 Å². The SMILES string of the molecule is NC(=O)Oc1nccc(-c2c(-c3ccc(F)cc3)ncn2C2(N)CC3CCC2C3)n1. The molecule has 1 amide bonds. The number of hydrogen-bond donors (Lipinski definition) is 2. The van der Waals surface area contributed by atoms with Crippen LogP contribution in [0.1, 0.15) is 25.7 Å². The van der Waals surface area contributed by atoms with Crippen LogP contribution in [0.5, 0.6) is 6.01 Å². The first-order chi connectivity index (χ1) is 14.4. The molecule has 2 aliphatic carbocycles. The summed E-state index contributed by atoms with van der Waals surface area (Å²) in [6.07, 6.45) is 6.44. The maximum Gasteiger partial charge on any atom is 0.412 e. The average molecular weight is 408 g/mol. The van der Waals surface area contributed by atoms with Crippen molar-refractivity contribution >= 4 is 6.09 Å². The zero-order valence-corrected chi connectivity index (χ0v) is 16.2. The first kappa shape index (κ1) is 18.7. The van der Waals surface area contributed by atoms with Crippen LogP contribution in [0, 0.1) is 17.7 Å². The maximum absolute atomic E-state index is 13.5. The molecule has 2 aliphatic rings. The molecular formula is C21H21FN6O2. The Kier molecular flexibility index (Phi) is 4.28. The summed E-state index contributed by atoms with van der Waals surface area (Å²) in [6.45, 7) is 0. The van der Waals surface area contributed by atoms with Gasteiger partial charge in [-0.05, 0) is 67.9 Å². The molecule has 154 valence electrons. The van der Waals surface area contributed by atoms with Gasteiger partial charge in [-0.15, -0.1) is 0 Å². The molecule has 0 radical (unpaired) electrons. The Hall–Kier alpha value is -3.33. The fraction of sp³-hybridized carbons (Fsp3) is 0.333. The molecule has 30 heavy (non-hydrogen) atoms. The van der Waals surface area contributed by atoms with Crippen LogP contribution in [0.15, 0.2) is 42.9 Å². The maximum atomic E-state index is 13.5. The minimum absolute atomic E-state index is 0.156. The van der Waals surface area contributed by atoms with E-state index in [2.05, 4.69) is 15.0 Å². The van der Waals surface area contributed by atoms with Gasteiger partial charge in [0, 0.05) is 11.8 Å². The summed E-state index contributed by atoms with van der Waals surface area (Å²) in [5, 5.41) is 0. The van der Waals surface area contributed by atoms with E-state index >= 15 is 0 Å². The average Bonchev–Trinajstić information content (AvgIpc) is 3.42. The lowest BCUT2D eigenvalue weighted by atomic mass is 9.88. The van der Waals surface area contributed by atoms with Crippen LogP contribution in [0.4, 0.5) is 9.18 Å². The topological polar surface area (TPSA) is 122 Å². The van der Waals surface area contributed by atoms with E-state index in [1.54, 1.807) is 24.5 Å². The van der Waals surface area contributed by atoms with Gasteiger partial charge in [-0.25, -0.2) is 19.2 Å². The number of primary amides is 1. The van der Waals surface area contributed by atoms with Crippen LogP contribution in [-0.4, -0.2) is 25.6 Å². The van der Waals surface area contributed by atoms with Crippen molar-refractivity contribution in [3.63, 3.8) is 0 Å². The third kappa shape index (κ3) is 3.02. The number of benzene rings is 1. The molecular weight excluding hydrogens is 387 g/mol. The second-order valence-corrected chi connectivity index (χ2v) is 8.04. The summed E-state index contributed by atoms with van der Waals surface area (Å²) in [4.78, 5) is 24.1. The number of fused-ring (bicyclic) bond motifs is 2. The number of carbonyl (C=O) groups excluding carboxylic acids is 1. The largest absolute Gasteiger partial charge is 0.412 e. The molecule has 1 aromatic carbocycles. The van der Waals surface area contributed by atoms with Crippen molar-refractivity contribution < 1.29 is 13.9 Å². The van der Waals surface area contributed by atoms with Crippen molar-refractivity contribution in [3.05, 3.63) is 48.7 Å². The third-order valence-corrected chi connectivity index (χ3v) is 6.27. The number of halogens is 1. The van der Waals surface area contributed by atoms with Gasteiger partial charge in [0.05, 0.1) is 29.1 Å². The lowest BCUT2D eigenvalue weighted by molar-refractivity contribution is 0.179. The Labute approximate surface area is 172 Å². The Morgan fingerprint density at radius 2 is 2.00 bits per heavy atom. The van der Waals surface area contributed by atoms with Crippen LogP contribution in [0.2, 0.25) is 0 Å². The summed E-state index contributed by atoms with van der Waals surface area (Å²) >= 11 is 0. The summed E-state index contributed by atoms with van der Waals surface area (Å²) in [5.74, 6) is 0.616. The lowest BCUT2D eigenvalue weighted by Crippen LogP contribution is -2.47. The molecule has 2 bridgehead atoms. The molecule has 0 saturated heterocycles. The molecule has 3 aromatic rings. The van der Waals surface area contributed by atoms with Crippen molar-refractivity contribution in [2.75, 3.05) is 0 Å². The van der Waals surface area contributed by atoms with Crippen molar-refractivity contribution in [2.45, 2.75) is 31.3 Å². The smallest absolute Gasteiger partial charge is 0.374 e. The van der Waals surface area contributed by atoms with Gasteiger partial charge in [0.1, 0.15) is 5.82 Å². The van der Waals surface area contributed by atoms with Gasteiger partial charge in [-0.2, -0.15) is 4.98 Å². The van der Waals surface area contributed by atoms with Crippen LogP contribution >= 0.6 is 0 Å². The highest BCUT2D eigenvalue weighted by atomic mass is 19.1. The summed E-state index contributed by atoms with van der Waals surface area (Å²) in [7, 11) is 0. The minimum Gasteiger partial charge on any atom is -0.374 e. The second kappa shape index (κ2) is 6.88. The Morgan fingerprint density at radius 1 is 1.20 bits per heavy atom. The van der Waals surface area contributed by atoms with Crippen LogP contribution < -0.4 is 16.2 Å². The number of amides is 1. The quantitative estimate of drug-likeness (QED) is 0.684. The van der Waals surface area contributed by atoms with Gasteiger partial charge in [0.15, 0.2) is 0 Å². The van der Waals surface area contributed by atoms with Gasteiger partial charge >= 0.3 is 12.1 Å². The van der Waals surface area contributed by atoms with E-state index in [0.29, 0.717) is 28.9 Å². The Morgan fingerprint density at radius 3 is 2.67 bits per heavy atom. The number of nitrogens with zero attached hydrogens (tertiary/aromatic N) is 4. The number of nitrogens with two attached hydrogens (primary N) is 2. The molecule has 2 saturated carbocycles. The lowest BCUT2D eigenvalue weighted by Gasteiger charge is -2.36. The van der Waals surface area contributed by atoms with E-state index in [0.717, 1.165) is 24.8 Å². The predicted octanol–water partition coefficient (Wildman–Crippen LogP) is 3.04. The van der Waals surface area contributed by atoms with Crippen LogP contribution in [0.25, 0.3) is 22.6 Å². The van der Waals surface area contributed by atoms with Crippen LogP contribution in [-0.2, 0) is 5.66 Å². The van der Waals surface area contributed by atoms with Crippen molar-refractivity contribution in [2.24, 2.45) is 23.3 Å². The third-order valence-electron chi connectivity index (χ3n) is 6.27. The van der Waals surface area contributed by atoms with E-state index in [9.17, 15) is 9.18 Å². The van der Waals surface area contributed by atoms with Gasteiger partial charge in [0.25, 0.3) is 0 Å². The van der Waals surface area contributed by atoms with Crippen LogP contribution in [0.3, 0.4) is 0 Å². The molecule has 3 unspecified atom stereocenters. The molecule has 2 heterocycles. The highest BCUT2D eigenvalue weighted by Gasteiger charge is 2.50. The normalized spacial score (nSPS) is 24.9. The highest BCUT2D eigenvalue weighted by Crippen LogP contribution is 2.53. The first-order valence-corrected chi connectivity index (χ1v) is 9.87. The molecule has 2 fully saturated rings. The molecule has 2 aromatic heterocycles. The number of hydrogen-bond acceptors (Lipinski definition) is 6.